The Morgan fingerprint density at radius 1 is 1.19 bits per heavy atom. The van der Waals surface area contributed by atoms with E-state index in [-0.39, 0.29) is 5.49 Å². The molecule has 3 rings (SSSR count). The SMILES string of the molecule is N=c1nc2nc[nH]c2nc(N)c2cccc1-2. The summed E-state index contributed by atoms with van der Waals surface area (Å²) in [6.07, 6.45) is 1.48. The van der Waals surface area contributed by atoms with Crippen LogP contribution in [0.1, 0.15) is 0 Å². The van der Waals surface area contributed by atoms with Gasteiger partial charge in [0.2, 0.25) is 0 Å². The van der Waals surface area contributed by atoms with Crippen LogP contribution in [0.3, 0.4) is 0 Å². The van der Waals surface area contributed by atoms with Crippen LogP contribution in [0.25, 0.3) is 22.4 Å². The minimum Gasteiger partial charge on any atom is -0.383 e. The van der Waals surface area contributed by atoms with Crippen molar-refractivity contribution >= 4 is 17.1 Å². The van der Waals surface area contributed by atoms with E-state index in [1.54, 1.807) is 6.07 Å². The maximum absolute atomic E-state index is 7.85. The van der Waals surface area contributed by atoms with Crippen LogP contribution in [-0.4, -0.2) is 19.9 Å². The summed E-state index contributed by atoms with van der Waals surface area (Å²) >= 11 is 0. The van der Waals surface area contributed by atoms with Crippen LogP contribution in [-0.2, 0) is 0 Å². The Morgan fingerprint density at radius 2 is 2.00 bits per heavy atom. The fourth-order valence-electron chi connectivity index (χ4n) is 1.64. The van der Waals surface area contributed by atoms with E-state index in [1.165, 1.54) is 6.33 Å². The molecule has 0 unspecified atom stereocenters. The highest BCUT2D eigenvalue weighted by Gasteiger charge is 2.09. The van der Waals surface area contributed by atoms with Gasteiger partial charge in [-0.2, -0.15) is 0 Å². The lowest BCUT2D eigenvalue weighted by atomic mass is 10.2. The molecule has 6 heteroatoms. The summed E-state index contributed by atoms with van der Waals surface area (Å²) in [5, 5.41) is 7.85. The second-order valence-corrected chi connectivity index (χ2v) is 3.39. The molecule has 6 nitrogen and oxygen atoms in total. The van der Waals surface area contributed by atoms with Crippen molar-refractivity contribution in [3.8, 4) is 11.1 Å². The van der Waals surface area contributed by atoms with E-state index >= 15 is 0 Å². The van der Waals surface area contributed by atoms with Crippen molar-refractivity contribution in [1.29, 1.82) is 5.41 Å². The quantitative estimate of drug-likeness (QED) is 0.505. The van der Waals surface area contributed by atoms with Gasteiger partial charge in [0, 0.05) is 11.1 Å². The lowest BCUT2D eigenvalue weighted by molar-refractivity contribution is 1.12. The summed E-state index contributed by atoms with van der Waals surface area (Å²) in [7, 11) is 0. The van der Waals surface area contributed by atoms with Gasteiger partial charge < -0.3 is 10.7 Å². The Kier molecular flexibility index (Phi) is 1.64. The van der Waals surface area contributed by atoms with Crippen LogP contribution in [0.2, 0.25) is 0 Å². The summed E-state index contributed by atoms with van der Waals surface area (Å²) in [5.41, 5.74) is 8.28. The van der Waals surface area contributed by atoms with Gasteiger partial charge in [0.05, 0.1) is 6.33 Å². The number of nitrogens with one attached hydrogen (secondary N) is 2. The van der Waals surface area contributed by atoms with Gasteiger partial charge in [0.1, 0.15) is 5.82 Å². The fraction of sp³-hybridized carbons (Fsp3) is 0. The van der Waals surface area contributed by atoms with E-state index in [0.29, 0.717) is 22.7 Å². The van der Waals surface area contributed by atoms with Crippen LogP contribution in [0.15, 0.2) is 24.5 Å². The summed E-state index contributed by atoms with van der Waals surface area (Å²) < 4.78 is 0. The van der Waals surface area contributed by atoms with Gasteiger partial charge in [0.15, 0.2) is 16.8 Å². The van der Waals surface area contributed by atoms with E-state index in [4.69, 9.17) is 11.1 Å². The largest absolute Gasteiger partial charge is 0.383 e. The zero-order valence-electron chi connectivity index (χ0n) is 8.23. The van der Waals surface area contributed by atoms with E-state index < -0.39 is 0 Å². The predicted molar refractivity (Wildman–Crippen MR) is 58.6 cm³/mol. The Labute approximate surface area is 90.1 Å². The van der Waals surface area contributed by atoms with E-state index in [2.05, 4.69) is 19.9 Å². The fourth-order valence-corrected chi connectivity index (χ4v) is 1.64. The van der Waals surface area contributed by atoms with Crippen molar-refractivity contribution in [1.82, 2.24) is 19.9 Å². The number of rotatable bonds is 0. The number of aromatic nitrogens is 4. The maximum Gasteiger partial charge on any atom is 0.199 e. The van der Waals surface area contributed by atoms with Crippen LogP contribution in [0.5, 0.6) is 0 Å². The van der Waals surface area contributed by atoms with E-state index in [0.717, 1.165) is 5.56 Å². The molecule has 1 aromatic rings. The minimum atomic E-state index is 0.145. The van der Waals surface area contributed by atoms with Crippen LogP contribution < -0.4 is 11.2 Å². The minimum absolute atomic E-state index is 0.145. The summed E-state index contributed by atoms with van der Waals surface area (Å²) in [6, 6.07) is 5.44. The maximum atomic E-state index is 7.85. The molecular weight excluding hydrogens is 204 g/mol. The molecule has 0 aromatic carbocycles. The Hall–Kier alpha value is -2.50. The standard InChI is InChI=1S/C10H8N6/c11-7-5-2-1-3-6(5)8(12)16-10-9(15-7)13-4-14-10/h1-4H,(H4,11,12,13,14,15,16). The summed E-state index contributed by atoms with van der Waals surface area (Å²) in [5.74, 6) is 0.366. The molecule has 16 heavy (non-hydrogen) atoms. The van der Waals surface area contributed by atoms with Gasteiger partial charge in [-0.05, 0) is 0 Å². The zero-order valence-corrected chi connectivity index (χ0v) is 8.23. The average Bonchev–Trinajstić information content (AvgIpc) is 2.85. The first-order valence-corrected chi connectivity index (χ1v) is 4.70. The molecule has 2 heterocycles. The predicted octanol–water partition coefficient (Wildman–Crippen LogP) is 0.519. The summed E-state index contributed by atoms with van der Waals surface area (Å²) in [4.78, 5) is 15.1. The molecule has 78 valence electrons. The zero-order chi connectivity index (χ0) is 11.1. The molecule has 0 bridgehead atoms. The number of H-pyrrole nitrogens is 1. The van der Waals surface area contributed by atoms with Crippen LogP contribution >= 0.6 is 0 Å². The molecule has 0 saturated heterocycles. The normalized spacial score (nSPS) is 11.0. The van der Waals surface area contributed by atoms with Gasteiger partial charge in [-0.3, -0.25) is 5.41 Å². The third-order valence-electron chi connectivity index (χ3n) is 2.40. The highest BCUT2D eigenvalue weighted by Crippen LogP contribution is 2.22. The van der Waals surface area contributed by atoms with E-state index in [9.17, 15) is 0 Å². The number of imidazole rings is 1. The number of fused-ring (bicyclic) bond motifs is 2. The molecule has 1 aliphatic carbocycles. The third-order valence-corrected chi connectivity index (χ3v) is 2.40. The van der Waals surface area contributed by atoms with Crippen molar-refractivity contribution in [3.63, 3.8) is 0 Å². The molecule has 0 amide bonds. The monoisotopic (exact) mass is 212 g/mol. The molecule has 0 atom stereocenters. The van der Waals surface area contributed by atoms with Crippen molar-refractivity contribution in [2.24, 2.45) is 0 Å². The first-order valence-electron chi connectivity index (χ1n) is 4.70. The van der Waals surface area contributed by atoms with Crippen molar-refractivity contribution < 1.29 is 0 Å². The molecule has 1 aromatic heterocycles. The number of nitrogen functional groups attached to an aromatic ring is 1. The number of hydrogen-bond acceptors (Lipinski definition) is 5. The summed E-state index contributed by atoms with van der Waals surface area (Å²) in [6.45, 7) is 0. The lowest BCUT2D eigenvalue weighted by Crippen LogP contribution is -2.08. The molecular formula is C10H8N6. The van der Waals surface area contributed by atoms with Gasteiger partial charge >= 0.3 is 0 Å². The molecule has 1 aliphatic heterocycles. The second kappa shape index (κ2) is 2.99. The van der Waals surface area contributed by atoms with Crippen LogP contribution in [0.4, 0.5) is 5.82 Å². The van der Waals surface area contributed by atoms with Crippen LogP contribution in [0, 0.1) is 5.41 Å². The molecule has 2 aliphatic rings. The molecule has 0 saturated carbocycles. The second-order valence-electron chi connectivity index (χ2n) is 3.39. The number of anilines is 1. The van der Waals surface area contributed by atoms with Gasteiger partial charge in [-0.15, -0.1) is 0 Å². The number of hydrogen-bond donors (Lipinski definition) is 3. The van der Waals surface area contributed by atoms with Crippen molar-refractivity contribution in [2.75, 3.05) is 5.73 Å². The highest BCUT2D eigenvalue weighted by atomic mass is 15.0. The molecule has 0 fully saturated rings. The Balaban J connectivity index is 2.59. The third kappa shape index (κ3) is 1.13. The lowest BCUT2D eigenvalue weighted by Gasteiger charge is -1.98. The van der Waals surface area contributed by atoms with E-state index in [1.807, 2.05) is 12.1 Å². The first kappa shape index (κ1) is 8.78. The van der Waals surface area contributed by atoms with Crippen molar-refractivity contribution in [2.45, 2.75) is 0 Å². The highest BCUT2D eigenvalue weighted by molar-refractivity contribution is 5.77. The van der Waals surface area contributed by atoms with Crippen molar-refractivity contribution in [3.05, 3.63) is 30.0 Å². The number of nitrogens with zero attached hydrogens (tertiary/aromatic N) is 3. The van der Waals surface area contributed by atoms with Gasteiger partial charge in [0.25, 0.3) is 0 Å². The Morgan fingerprint density at radius 3 is 2.88 bits per heavy atom. The number of aromatic amines is 1. The molecule has 0 radical (unpaired) electrons. The van der Waals surface area contributed by atoms with Gasteiger partial charge in [-0.1, -0.05) is 18.2 Å². The smallest absolute Gasteiger partial charge is 0.199 e. The topological polar surface area (TPSA) is 104 Å². The molecule has 4 N–H and O–H groups in total. The first-order chi connectivity index (χ1) is 7.75. The Bertz CT molecular complexity index is 701. The number of nitrogens with two attached hydrogens (primary N) is 1. The van der Waals surface area contributed by atoms with Gasteiger partial charge in [-0.25, -0.2) is 15.0 Å². The molecule has 0 spiro atoms. The average molecular weight is 212 g/mol.